The molecule has 0 saturated heterocycles. The fourth-order valence-corrected chi connectivity index (χ4v) is 0.679. The second-order valence-corrected chi connectivity index (χ2v) is 1.96. The monoisotopic (exact) mass is 167 g/mol. The van der Waals surface area contributed by atoms with Crippen molar-refractivity contribution in [2.24, 2.45) is 5.11 Å². The maximum absolute atomic E-state index is 10.3. The molecule has 0 amide bonds. The Morgan fingerprint density at radius 1 is 1.75 bits per heavy atom. The van der Waals surface area contributed by atoms with Crippen molar-refractivity contribution in [3.8, 4) is 0 Å². The molecule has 1 rings (SSSR count). The molecule has 0 unspecified atom stereocenters. The van der Waals surface area contributed by atoms with Crippen molar-refractivity contribution >= 4 is 5.97 Å². The van der Waals surface area contributed by atoms with Crippen LogP contribution < -0.4 is 0 Å². The van der Waals surface area contributed by atoms with Gasteiger partial charge in [0.15, 0.2) is 0 Å². The number of rotatable bonds is 3. The first kappa shape index (κ1) is 8.16. The van der Waals surface area contributed by atoms with Gasteiger partial charge in [-0.1, -0.05) is 5.11 Å². The van der Waals surface area contributed by atoms with E-state index in [9.17, 15) is 4.79 Å². The second kappa shape index (κ2) is 3.45. The zero-order valence-corrected chi connectivity index (χ0v) is 5.97. The Hall–Kier alpha value is -1.94. The van der Waals surface area contributed by atoms with E-state index in [2.05, 4.69) is 10.0 Å². The summed E-state index contributed by atoms with van der Waals surface area (Å²) in [6.45, 7) is 0.0315. The van der Waals surface area contributed by atoms with Gasteiger partial charge in [-0.15, -0.1) is 0 Å². The van der Waals surface area contributed by atoms with Crippen LogP contribution in [0.1, 0.15) is 16.3 Å². The molecular formula is C6H5N3O3. The lowest BCUT2D eigenvalue weighted by molar-refractivity contribution is 0.0660. The van der Waals surface area contributed by atoms with E-state index in [1.165, 1.54) is 12.1 Å². The molecule has 0 atom stereocenters. The van der Waals surface area contributed by atoms with Crippen LogP contribution >= 0.6 is 0 Å². The fourth-order valence-electron chi connectivity index (χ4n) is 0.679. The molecule has 1 aromatic rings. The van der Waals surface area contributed by atoms with Crippen LogP contribution in [0.3, 0.4) is 0 Å². The molecule has 6 nitrogen and oxygen atoms in total. The van der Waals surface area contributed by atoms with E-state index in [1.54, 1.807) is 0 Å². The normalized spacial score (nSPS) is 9.00. The first-order valence-corrected chi connectivity index (χ1v) is 3.07. The van der Waals surface area contributed by atoms with E-state index in [-0.39, 0.29) is 12.3 Å². The topological polar surface area (TPSA) is 99.2 Å². The first-order chi connectivity index (χ1) is 5.74. The van der Waals surface area contributed by atoms with Gasteiger partial charge in [-0.3, -0.25) is 0 Å². The van der Waals surface area contributed by atoms with Crippen LogP contribution in [-0.2, 0) is 6.54 Å². The van der Waals surface area contributed by atoms with E-state index in [0.29, 0.717) is 5.76 Å². The summed E-state index contributed by atoms with van der Waals surface area (Å²) in [5, 5.41) is 11.6. The van der Waals surface area contributed by atoms with Gasteiger partial charge in [-0.25, -0.2) is 4.79 Å². The molecule has 6 heteroatoms. The van der Waals surface area contributed by atoms with Crippen molar-refractivity contribution < 1.29 is 14.3 Å². The highest BCUT2D eigenvalue weighted by Gasteiger charge is 2.07. The lowest BCUT2D eigenvalue weighted by Gasteiger charge is -1.86. The van der Waals surface area contributed by atoms with Crippen molar-refractivity contribution in [1.29, 1.82) is 0 Å². The highest BCUT2D eigenvalue weighted by Crippen LogP contribution is 2.08. The highest BCUT2D eigenvalue weighted by molar-refractivity contribution is 5.84. The molecule has 1 N–H and O–H groups in total. The zero-order chi connectivity index (χ0) is 8.97. The van der Waals surface area contributed by atoms with Gasteiger partial charge in [0, 0.05) is 4.91 Å². The van der Waals surface area contributed by atoms with Crippen molar-refractivity contribution in [2.45, 2.75) is 6.54 Å². The standard InChI is InChI=1S/C6H5N3O3/c7-9-8-3-4-1-2-5(12-4)6(10)11/h1-2H,3H2,(H,10,11). The van der Waals surface area contributed by atoms with Crippen LogP contribution in [0.15, 0.2) is 21.7 Å². The minimum Gasteiger partial charge on any atom is -0.475 e. The van der Waals surface area contributed by atoms with Crippen LogP contribution in [0.4, 0.5) is 0 Å². The first-order valence-electron chi connectivity index (χ1n) is 3.07. The van der Waals surface area contributed by atoms with E-state index < -0.39 is 5.97 Å². The molecule has 0 aliphatic carbocycles. The molecule has 0 radical (unpaired) electrons. The maximum atomic E-state index is 10.3. The summed E-state index contributed by atoms with van der Waals surface area (Å²) in [6.07, 6.45) is 0. The fraction of sp³-hybridized carbons (Fsp3) is 0.167. The number of hydrogen-bond donors (Lipinski definition) is 1. The summed E-state index contributed by atoms with van der Waals surface area (Å²) in [5.74, 6) is -0.953. The van der Waals surface area contributed by atoms with Crippen LogP contribution in [-0.4, -0.2) is 11.1 Å². The van der Waals surface area contributed by atoms with Crippen molar-refractivity contribution in [3.63, 3.8) is 0 Å². The third-order valence-corrected chi connectivity index (χ3v) is 1.16. The summed E-state index contributed by atoms with van der Waals surface area (Å²) >= 11 is 0. The molecule has 0 aliphatic rings. The number of carboxylic acids is 1. The van der Waals surface area contributed by atoms with Gasteiger partial charge in [0.2, 0.25) is 5.76 Å². The summed E-state index contributed by atoms with van der Waals surface area (Å²) in [6, 6.07) is 2.77. The van der Waals surface area contributed by atoms with Crippen molar-refractivity contribution in [1.82, 2.24) is 0 Å². The van der Waals surface area contributed by atoms with Crippen LogP contribution in [0.5, 0.6) is 0 Å². The molecule has 0 bridgehead atoms. The molecule has 62 valence electrons. The molecule has 0 saturated carbocycles. The molecule has 12 heavy (non-hydrogen) atoms. The van der Waals surface area contributed by atoms with E-state index in [0.717, 1.165) is 0 Å². The van der Waals surface area contributed by atoms with Crippen LogP contribution in [0, 0.1) is 0 Å². The summed E-state index contributed by atoms with van der Waals surface area (Å²) in [5.41, 5.74) is 7.94. The van der Waals surface area contributed by atoms with Gasteiger partial charge in [0.05, 0.1) is 6.54 Å². The van der Waals surface area contributed by atoms with E-state index in [4.69, 9.17) is 15.1 Å². The summed E-state index contributed by atoms with van der Waals surface area (Å²) in [7, 11) is 0. The van der Waals surface area contributed by atoms with E-state index >= 15 is 0 Å². The SMILES string of the molecule is [N-]=[N+]=NCc1ccc(C(=O)O)o1. The molecule has 1 heterocycles. The Labute approximate surface area is 67.0 Å². The van der Waals surface area contributed by atoms with Gasteiger partial charge in [-0.2, -0.15) is 0 Å². The molecule has 0 aromatic carbocycles. The van der Waals surface area contributed by atoms with Gasteiger partial charge >= 0.3 is 5.97 Å². The smallest absolute Gasteiger partial charge is 0.371 e. The highest BCUT2D eigenvalue weighted by atomic mass is 16.4. The van der Waals surface area contributed by atoms with Gasteiger partial charge < -0.3 is 9.52 Å². The quantitative estimate of drug-likeness (QED) is 0.421. The second-order valence-electron chi connectivity index (χ2n) is 1.96. The average Bonchev–Trinajstić information content (AvgIpc) is 2.48. The minimum absolute atomic E-state index is 0.0315. The summed E-state index contributed by atoms with van der Waals surface area (Å²) < 4.78 is 4.78. The van der Waals surface area contributed by atoms with E-state index in [1.807, 2.05) is 0 Å². The Morgan fingerprint density at radius 3 is 3.00 bits per heavy atom. The van der Waals surface area contributed by atoms with Gasteiger partial charge in [0.1, 0.15) is 5.76 Å². The van der Waals surface area contributed by atoms with Crippen LogP contribution in [0.25, 0.3) is 10.4 Å². The summed E-state index contributed by atoms with van der Waals surface area (Å²) in [4.78, 5) is 12.8. The number of azide groups is 1. The third kappa shape index (κ3) is 1.77. The largest absolute Gasteiger partial charge is 0.475 e. The van der Waals surface area contributed by atoms with Gasteiger partial charge in [0.25, 0.3) is 0 Å². The Balaban J connectivity index is 2.77. The van der Waals surface area contributed by atoms with Crippen molar-refractivity contribution in [3.05, 3.63) is 34.1 Å². The predicted molar refractivity (Wildman–Crippen MR) is 38.5 cm³/mol. The molecule has 0 spiro atoms. The number of aromatic carboxylic acids is 1. The number of carbonyl (C=O) groups is 1. The molecular weight excluding hydrogens is 162 g/mol. The third-order valence-electron chi connectivity index (χ3n) is 1.16. The maximum Gasteiger partial charge on any atom is 0.371 e. The number of carboxylic acid groups (broad SMARTS) is 1. The number of furan rings is 1. The Morgan fingerprint density at radius 2 is 2.50 bits per heavy atom. The average molecular weight is 167 g/mol. The van der Waals surface area contributed by atoms with Crippen molar-refractivity contribution in [2.75, 3.05) is 0 Å². The molecule has 1 aromatic heterocycles. The lowest BCUT2D eigenvalue weighted by Crippen LogP contribution is -1.91. The minimum atomic E-state index is -1.14. The Kier molecular flexibility index (Phi) is 2.35. The molecule has 0 aliphatic heterocycles. The number of hydrogen-bond acceptors (Lipinski definition) is 3. The molecule has 0 fully saturated rings. The van der Waals surface area contributed by atoms with Crippen LogP contribution in [0.2, 0.25) is 0 Å². The lowest BCUT2D eigenvalue weighted by atomic mass is 10.4. The number of nitrogens with zero attached hydrogens (tertiary/aromatic N) is 3. The zero-order valence-electron chi connectivity index (χ0n) is 5.97. The predicted octanol–water partition coefficient (Wildman–Crippen LogP) is 1.79. The Bertz CT molecular complexity index is 338. The van der Waals surface area contributed by atoms with Gasteiger partial charge in [-0.05, 0) is 17.7 Å².